The lowest BCUT2D eigenvalue weighted by molar-refractivity contribution is 0.0791. The molecule has 0 bridgehead atoms. The molecule has 136 valence electrons. The lowest BCUT2D eigenvalue weighted by atomic mass is 10.0. The van der Waals surface area contributed by atoms with Crippen molar-refractivity contribution in [2.45, 2.75) is 45.9 Å². The number of rotatable bonds is 6. The first-order valence-corrected chi connectivity index (χ1v) is 8.55. The fourth-order valence-corrected chi connectivity index (χ4v) is 2.72. The number of aliphatic hydroxyl groups excluding tert-OH is 1. The van der Waals surface area contributed by atoms with Crippen LogP contribution in [0.3, 0.4) is 0 Å². The summed E-state index contributed by atoms with van der Waals surface area (Å²) in [5, 5.41) is 12.8. The van der Waals surface area contributed by atoms with Crippen molar-refractivity contribution < 1.29 is 5.11 Å². The summed E-state index contributed by atoms with van der Waals surface area (Å²) < 4.78 is 0. The molecule has 24 heavy (non-hydrogen) atoms. The minimum Gasteiger partial charge on any atom is -0.393 e. The Morgan fingerprint density at radius 1 is 1.29 bits per heavy atom. The molecule has 1 fully saturated rings. The molecule has 1 saturated heterocycles. The summed E-state index contributed by atoms with van der Waals surface area (Å²) in [6, 6.07) is 8.40. The van der Waals surface area contributed by atoms with E-state index in [0.29, 0.717) is 18.4 Å². The number of nitrogens with zero attached hydrogens (tertiary/aromatic N) is 2. The van der Waals surface area contributed by atoms with Gasteiger partial charge in [-0.25, -0.2) is 4.99 Å². The molecule has 0 amide bonds. The summed E-state index contributed by atoms with van der Waals surface area (Å²) in [7, 11) is 0. The molecule has 1 aromatic carbocycles. The smallest absolute Gasteiger partial charge is 0.188 e. The molecule has 1 aromatic rings. The molecule has 0 aliphatic carbocycles. The average molecular weight is 446 g/mol. The highest BCUT2D eigenvalue weighted by atomic mass is 127. The van der Waals surface area contributed by atoms with Gasteiger partial charge in [-0.15, -0.1) is 24.0 Å². The number of nitrogens with one attached hydrogen (secondary N) is 1. The maximum Gasteiger partial charge on any atom is 0.188 e. The van der Waals surface area contributed by atoms with Gasteiger partial charge in [-0.2, -0.15) is 0 Å². The van der Waals surface area contributed by atoms with Crippen LogP contribution in [0.15, 0.2) is 29.3 Å². The van der Waals surface area contributed by atoms with Crippen LogP contribution in [-0.2, 0) is 13.1 Å². The predicted molar refractivity (Wildman–Crippen MR) is 111 cm³/mol. The van der Waals surface area contributed by atoms with Crippen molar-refractivity contribution in [1.82, 2.24) is 10.2 Å². The minimum atomic E-state index is -0.127. The van der Waals surface area contributed by atoms with E-state index >= 15 is 0 Å². The van der Waals surface area contributed by atoms with Gasteiger partial charge >= 0.3 is 0 Å². The van der Waals surface area contributed by atoms with E-state index in [1.807, 2.05) is 6.07 Å². The van der Waals surface area contributed by atoms with Crippen LogP contribution in [0.2, 0.25) is 0 Å². The van der Waals surface area contributed by atoms with Gasteiger partial charge in [0.2, 0.25) is 0 Å². The molecule has 0 aromatic heterocycles. The van der Waals surface area contributed by atoms with Crippen LogP contribution in [0.4, 0.5) is 0 Å². The molecule has 5 nitrogen and oxygen atoms in total. The topological polar surface area (TPSA) is 73.9 Å². The third kappa shape index (κ3) is 7.36. The molecular formula is C18H31IN4O. The highest BCUT2D eigenvalue weighted by Gasteiger charge is 2.17. The van der Waals surface area contributed by atoms with Crippen molar-refractivity contribution in [2.24, 2.45) is 16.6 Å². The number of guanidine groups is 1. The van der Waals surface area contributed by atoms with Crippen molar-refractivity contribution in [2.75, 3.05) is 19.6 Å². The number of nitrogens with two attached hydrogens (primary N) is 1. The van der Waals surface area contributed by atoms with Gasteiger partial charge in [-0.1, -0.05) is 38.1 Å². The van der Waals surface area contributed by atoms with Gasteiger partial charge < -0.3 is 16.2 Å². The summed E-state index contributed by atoms with van der Waals surface area (Å²) in [5.74, 6) is 1.06. The number of benzene rings is 1. The summed E-state index contributed by atoms with van der Waals surface area (Å²) >= 11 is 0. The van der Waals surface area contributed by atoms with E-state index in [-0.39, 0.29) is 30.1 Å². The second-order valence-corrected chi connectivity index (χ2v) is 6.75. The number of aliphatic hydroxyl groups is 1. The molecule has 0 atom stereocenters. The zero-order chi connectivity index (χ0) is 16.7. The zero-order valence-electron chi connectivity index (χ0n) is 14.7. The summed E-state index contributed by atoms with van der Waals surface area (Å²) in [6.45, 7) is 8.55. The Labute approximate surface area is 162 Å². The molecule has 1 aliphatic rings. The van der Waals surface area contributed by atoms with Gasteiger partial charge in [0.15, 0.2) is 5.96 Å². The van der Waals surface area contributed by atoms with Crippen molar-refractivity contribution in [1.29, 1.82) is 0 Å². The third-order valence-corrected chi connectivity index (χ3v) is 4.18. The maximum atomic E-state index is 9.62. The molecule has 0 unspecified atom stereocenters. The normalized spacial score (nSPS) is 16.9. The quantitative estimate of drug-likeness (QED) is 0.356. The summed E-state index contributed by atoms with van der Waals surface area (Å²) in [4.78, 5) is 6.86. The van der Waals surface area contributed by atoms with E-state index in [9.17, 15) is 5.11 Å². The Morgan fingerprint density at radius 2 is 1.92 bits per heavy atom. The summed E-state index contributed by atoms with van der Waals surface area (Å²) in [5.41, 5.74) is 8.43. The Hall–Kier alpha value is -0.860. The van der Waals surface area contributed by atoms with Gasteiger partial charge in [0.1, 0.15) is 0 Å². The van der Waals surface area contributed by atoms with Gasteiger partial charge in [0, 0.05) is 26.2 Å². The van der Waals surface area contributed by atoms with E-state index in [2.05, 4.69) is 47.3 Å². The van der Waals surface area contributed by atoms with Crippen molar-refractivity contribution in [3.63, 3.8) is 0 Å². The van der Waals surface area contributed by atoms with E-state index < -0.39 is 0 Å². The Bertz CT molecular complexity index is 513. The SMILES string of the molecule is CC(C)CNC(N)=NCc1ccccc1CN1CCC(O)CC1.I. The first-order valence-electron chi connectivity index (χ1n) is 8.55. The monoisotopic (exact) mass is 446 g/mol. The third-order valence-electron chi connectivity index (χ3n) is 4.18. The van der Waals surface area contributed by atoms with Crippen LogP contribution in [0, 0.1) is 5.92 Å². The van der Waals surface area contributed by atoms with Crippen LogP contribution in [0.25, 0.3) is 0 Å². The Morgan fingerprint density at radius 3 is 2.54 bits per heavy atom. The van der Waals surface area contributed by atoms with Crippen LogP contribution >= 0.6 is 24.0 Å². The molecule has 1 aliphatic heterocycles. The largest absolute Gasteiger partial charge is 0.393 e. The highest BCUT2D eigenvalue weighted by molar-refractivity contribution is 14.0. The molecule has 1 heterocycles. The molecule has 4 N–H and O–H groups in total. The molecule has 0 spiro atoms. The summed E-state index contributed by atoms with van der Waals surface area (Å²) in [6.07, 6.45) is 1.61. The van der Waals surface area contributed by atoms with Crippen LogP contribution in [0.1, 0.15) is 37.8 Å². The number of halogens is 1. The zero-order valence-corrected chi connectivity index (χ0v) is 17.1. The van der Waals surface area contributed by atoms with Crippen molar-refractivity contribution in [3.8, 4) is 0 Å². The molecule has 6 heteroatoms. The van der Waals surface area contributed by atoms with E-state index in [1.165, 1.54) is 11.1 Å². The Kier molecular flexibility index (Phi) is 9.61. The van der Waals surface area contributed by atoms with Crippen LogP contribution in [0.5, 0.6) is 0 Å². The van der Waals surface area contributed by atoms with Gasteiger partial charge in [-0.3, -0.25) is 4.90 Å². The molecule has 2 rings (SSSR count). The predicted octanol–water partition coefficient (Wildman–Crippen LogP) is 2.32. The number of hydrogen-bond donors (Lipinski definition) is 3. The van der Waals surface area contributed by atoms with E-state index in [1.54, 1.807) is 0 Å². The Balaban J connectivity index is 0.00000288. The molecular weight excluding hydrogens is 415 g/mol. The maximum absolute atomic E-state index is 9.62. The lowest BCUT2D eigenvalue weighted by Crippen LogP contribution is -2.35. The number of likely N-dealkylation sites (tertiary alicyclic amines) is 1. The van der Waals surface area contributed by atoms with Crippen LogP contribution < -0.4 is 11.1 Å². The highest BCUT2D eigenvalue weighted by Crippen LogP contribution is 2.17. The fourth-order valence-electron chi connectivity index (χ4n) is 2.72. The number of hydrogen-bond acceptors (Lipinski definition) is 3. The van der Waals surface area contributed by atoms with E-state index in [0.717, 1.165) is 39.0 Å². The number of aliphatic imine (C=N–C) groups is 1. The first-order chi connectivity index (χ1) is 11.0. The minimum absolute atomic E-state index is 0. The van der Waals surface area contributed by atoms with Crippen molar-refractivity contribution >= 4 is 29.9 Å². The first kappa shape index (κ1) is 21.2. The molecule has 0 radical (unpaired) electrons. The van der Waals surface area contributed by atoms with E-state index in [4.69, 9.17) is 5.73 Å². The van der Waals surface area contributed by atoms with Crippen molar-refractivity contribution in [3.05, 3.63) is 35.4 Å². The van der Waals surface area contributed by atoms with Gasteiger partial charge in [0.05, 0.1) is 12.6 Å². The second-order valence-electron chi connectivity index (χ2n) is 6.75. The second kappa shape index (κ2) is 10.9. The number of piperidine rings is 1. The van der Waals surface area contributed by atoms with Gasteiger partial charge in [0.25, 0.3) is 0 Å². The standard InChI is InChI=1S/C18H30N4O.HI/c1-14(2)11-20-18(19)21-12-15-5-3-4-6-16(15)13-22-9-7-17(23)8-10-22;/h3-6,14,17,23H,7-13H2,1-2H3,(H3,19,20,21);1H. The molecule has 0 saturated carbocycles. The van der Waals surface area contributed by atoms with Gasteiger partial charge in [-0.05, 0) is 29.9 Å². The fraction of sp³-hybridized carbons (Fsp3) is 0.611. The van der Waals surface area contributed by atoms with Crippen LogP contribution in [-0.4, -0.2) is 41.7 Å². The average Bonchev–Trinajstić information content (AvgIpc) is 2.54. The lowest BCUT2D eigenvalue weighted by Gasteiger charge is -2.30.